The molecular weight excluding hydrogens is 527 g/mol. The fourth-order valence-corrected chi connectivity index (χ4v) is 2.47. The van der Waals surface area contributed by atoms with Gasteiger partial charge in [0.25, 0.3) is 0 Å². The molecule has 0 N–H and O–H groups in total. The van der Waals surface area contributed by atoms with E-state index in [1.807, 2.05) is 42.5 Å². The fourth-order valence-electron chi connectivity index (χ4n) is 2.47. The molecule has 0 saturated heterocycles. The van der Waals surface area contributed by atoms with Crippen LogP contribution in [-0.2, 0) is 59.4 Å². The Kier molecular flexibility index (Phi) is 6.05. The van der Waals surface area contributed by atoms with Crippen molar-refractivity contribution in [2.45, 2.75) is 6.61 Å². The first-order valence-electron chi connectivity index (χ1n) is 6.44. The van der Waals surface area contributed by atoms with Crippen molar-refractivity contribution in [1.82, 2.24) is 4.98 Å². The van der Waals surface area contributed by atoms with Crippen molar-refractivity contribution in [3.8, 4) is 28.1 Å². The Morgan fingerprint density at radius 2 is 1.86 bits per heavy atom. The SMILES string of the molecule is [Ir].[Y].[c-]1ccccc1-c1[c-]c[c-]c2c1COc1cccnc1-2. The van der Waals surface area contributed by atoms with Gasteiger partial charge in [0, 0.05) is 65.6 Å². The Balaban J connectivity index is 0.000000882. The molecule has 2 radical (unpaired) electrons. The number of aromatic nitrogens is 1. The van der Waals surface area contributed by atoms with Crippen molar-refractivity contribution in [2.75, 3.05) is 0 Å². The molecule has 0 fully saturated rings. The van der Waals surface area contributed by atoms with E-state index in [0.29, 0.717) is 6.61 Å². The van der Waals surface area contributed by atoms with Crippen LogP contribution in [0.1, 0.15) is 5.56 Å². The third-order valence-corrected chi connectivity index (χ3v) is 3.39. The van der Waals surface area contributed by atoms with Crippen LogP contribution >= 0.6 is 0 Å². The zero-order chi connectivity index (χ0) is 13.4. The van der Waals surface area contributed by atoms with E-state index in [-0.39, 0.29) is 52.8 Å². The third kappa shape index (κ3) is 3.09. The monoisotopic (exact) mass is 538 g/mol. The van der Waals surface area contributed by atoms with Gasteiger partial charge in [0.1, 0.15) is 5.75 Å². The van der Waals surface area contributed by atoms with Crippen molar-refractivity contribution in [3.63, 3.8) is 0 Å². The van der Waals surface area contributed by atoms with Crippen LogP contribution in [0.4, 0.5) is 0 Å². The van der Waals surface area contributed by atoms with Crippen LogP contribution in [0, 0.1) is 18.2 Å². The second-order valence-electron chi connectivity index (χ2n) is 4.58. The van der Waals surface area contributed by atoms with Crippen LogP contribution in [0.2, 0.25) is 0 Å². The van der Waals surface area contributed by atoms with Gasteiger partial charge in [0.05, 0.1) is 5.69 Å². The Bertz CT molecular complexity index is 763. The van der Waals surface area contributed by atoms with Gasteiger partial charge in [-0.15, -0.1) is 6.07 Å². The number of ether oxygens (including phenoxy) is 1. The van der Waals surface area contributed by atoms with Gasteiger partial charge in [-0.05, 0) is 12.1 Å². The van der Waals surface area contributed by atoms with Gasteiger partial charge in [-0.3, -0.25) is 17.1 Å². The quantitative estimate of drug-likeness (QED) is 0.442. The molecule has 1 aromatic heterocycles. The second-order valence-corrected chi connectivity index (χ2v) is 4.58. The van der Waals surface area contributed by atoms with Gasteiger partial charge in [0.15, 0.2) is 0 Å². The van der Waals surface area contributed by atoms with Gasteiger partial charge in [-0.25, -0.2) is 17.7 Å². The topological polar surface area (TPSA) is 22.1 Å². The summed E-state index contributed by atoms with van der Waals surface area (Å²) in [5.74, 6) is 0.811. The molecule has 0 bridgehead atoms. The van der Waals surface area contributed by atoms with Crippen LogP contribution in [0.25, 0.3) is 22.4 Å². The summed E-state index contributed by atoms with van der Waals surface area (Å²) in [5.41, 5.74) is 4.94. The normalized spacial score (nSPS) is 11.1. The molecule has 1 aliphatic rings. The predicted molar refractivity (Wildman–Crippen MR) is 75.9 cm³/mol. The second kappa shape index (κ2) is 7.61. The molecule has 2 aromatic carbocycles. The van der Waals surface area contributed by atoms with Crippen molar-refractivity contribution >= 4 is 0 Å². The first-order valence-corrected chi connectivity index (χ1v) is 6.44. The largest absolute Gasteiger partial charge is 0.505 e. The first-order chi connectivity index (χ1) is 9.93. The van der Waals surface area contributed by atoms with Crippen LogP contribution in [-0.4, -0.2) is 4.98 Å². The molecule has 0 amide bonds. The molecule has 0 aliphatic carbocycles. The zero-order valence-corrected chi connectivity index (χ0v) is 16.8. The minimum absolute atomic E-state index is 0. The van der Waals surface area contributed by atoms with E-state index in [2.05, 4.69) is 23.2 Å². The summed E-state index contributed by atoms with van der Waals surface area (Å²) in [6, 6.07) is 23.3. The van der Waals surface area contributed by atoms with Crippen molar-refractivity contribution < 1.29 is 57.6 Å². The molecule has 3 aromatic rings. The maximum absolute atomic E-state index is 5.80. The Labute approximate surface area is 168 Å². The Morgan fingerprint density at radius 3 is 2.68 bits per heavy atom. The van der Waals surface area contributed by atoms with Crippen LogP contribution in [0.15, 0.2) is 48.7 Å². The Morgan fingerprint density at radius 1 is 1.00 bits per heavy atom. The minimum atomic E-state index is 0. The molecule has 0 saturated carbocycles. The van der Waals surface area contributed by atoms with E-state index in [1.165, 1.54) is 0 Å². The van der Waals surface area contributed by atoms with E-state index < -0.39 is 0 Å². The summed E-state index contributed by atoms with van der Waals surface area (Å²) in [5, 5.41) is 0. The van der Waals surface area contributed by atoms with E-state index in [9.17, 15) is 0 Å². The van der Waals surface area contributed by atoms with Crippen LogP contribution in [0.5, 0.6) is 5.75 Å². The number of hydrogen-bond donors (Lipinski definition) is 0. The number of nitrogens with zero attached hydrogens (tertiary/aromatic N) is 1. The standard InChI is InChI=1S/C18H10NO.Ir.Y/c1-2-6-13(7-3-1)14-8-4-9-15-16(14)12-20-17-10-5-11-19-18(15)17;;/h1-6,10-11H,12H2;;/q-3;;. The molecule has 0 spiro atoms. The average molecular weight is 537 g/mol. The molecular formula is C18H10IrNOY-3. The van der Waals surface area contributed by atoms with E-state index in [1.54, 1.807) is 6.20 Å². The van der Waals surface area contributed by atoms with E-state index in [4.69, 9.17) is 4.74 Å². The average Bonchev–Trinajstić information content (AvgIpc) is 2.55. The third-order valence-electron chi connectivity index (χ3n) is 3.39. The maximum Gasteiger partial charge on any atom is 0.140 e. The molecule has 2 heterocycles. The van der Waals surface area contributed by atoms with E-state index >= 15 is 0 Å². The molecule has 108 valence electrons. The maximum atomic E-state index is 5.80. The summed E-state index contributed by atoms with van der Waals surface area (Å²) in [6.45, 7) is 0.514. The molecule has 22 heavy (non-hydrogen) atoms. The molecule has 1 aliphatic heterocycles. The number of pyridine rings is 1. The molecule has 0 atom stereocenters. The van der Waals surface area contributed by atoms with Crippen molar-refractivity contribution in [1.29, 1.82) is 0 Å². The van der Waals surface area contributed by atoms with Gasteiger partial charge < -0.3 is 21.9 Å². The zero-order valence-electron chi connectivity index (χ0n) is 11.6. The number of benzene rings is 2. The summed E-state index contributed by atoms with van der Waals surface area (Å²) in [7, 11) is 0. The molecule has 4 heteroatoms. The van der Waals surface area contributed by atoms with Gasteiger partial charge in [-0.2, -0.15) is 17.7 Å². The summed E-state index contributed by atoms with van der Waals surface area (Å²) in [4.78, 5) is 4.42. The summed E-state index contributed by atoms with van der Waals surface area (Å²) in [6.07, 6.45) is 1.77. The first kappa shape index (κ1) is 17.5. The van der Waals surface area contributed by atoms with Gasteiger partial charge in [0.2, 0.25) is 0 Å². The Hall–Kier alpha value is -0.857. The summed E-state index contributed by atoms with van der Waals surface area (Å²) < 4.78 is 5.80. The van der Waals surface area contributed by atoms with Crippen molar-refractivity contribution in [3.05, 3.63) is 72.4 Å². The fraction of sp³-hybridized carbons (Fsp3) is 0.0556. The molecule has 4 rings (SSSR count). The minimum Gasteiger partial charge on any atom is -0.505 e. The van der Waals surface area contributed by atoms with Crippen LogP contribution < -0.4 is 4.74 Å². The number of fused-ring (bicyclic) bond motifs is 3. The van der Waals surface area contributed by atoms with E-state index in [0.717, 1.165) is 33.7 Å². The van der Waals surface area contributed by atoms with Crippen LogP contribution in [0.3, 0.4) is 0 Å². The van der Waals surface area contributed by atoms with Gasteiger partial charge >= 0.3 is 0 Å². The summed E-state index contributed by atoms with van der Waals surface area (Å²) >= 11 is 0. The predicted octanol–water partition coefficient (Wildman–Crippen LogP) is 3.70. The molecule has 0 unspecified atom stereocenters. The smallest absolute Gasteiger partial charge is 0.140 e. The molecule has 2 nitrogen and oxygen atoms in total. The van der Waals surface area contributed by atoms with Crippen molar-refractivity contribution in [2.24, 2.45) is 0 Å². The number of hydrogen-bond acceptors (Lipinski definition) is 2. The van der Waals surface area contributed by atoms with Gasteiger partial charge in [-0.1, -0.05) is 0 Å². The number of rotatable bonds is 1.